The predicted octanol–water partition coefficient (Wildman–Crippen LogP) is 2.58. The summed E-state index contributed by atoms with van der Waals surface area (Å²) < 4.78 is 1.95. The Balaban J connectivity index is 2.13. The van der Waals surface area contributed by atoms with Crippen LogP contribution in [0.15, 0.2) is 48.8 Å². The molecule has 0 fully saturated rings. The van der Waals surface area contributed by atoms with Crippen molar-refractivity contribution in [2.45, 2.75) is 6.54 Å². The van der Waals surface area contributed by atoms with Crippen LogP contribution in [0.5, 0.6) is 0 Å². The molecule has 0 amide bonds. The number of hydrogen-bond acceptors (Lipinski definition) is 2. The van der Waals surface area contributed by atoms with Gasteiger partial charge in [0.25, 0.3) is 5.69 Å². The van der Waals surface area contributed by atoms with Crippen LogP contribution in [-0.2, 0) is 6.54 Å². The van der Waals surface area contributed by atoms with Gasteiger partial charge in [0.05, 0.1) is 9.95 Å². The monoisotopic (exact) mass is 249 g/mol. The molecule has 0 radical (unpaired) electrons. The topological polar surface area (TPSA) is 47.0 Å². The lowest BCUT2D eigenvalue weighted by Crippen LogP contribution is -2.32. The molecule has 0 aliphatic carbocycles. The average molecular weight is 250 g/mol. The first kappa shape index (κ1) is 11.5. The van der Waals surface area contributed by atoms with Gasteiger partial charge in [-0.3, -0.25) is 10.1 Å². The van der Waals surface area contributed by atoms with Gasteiger partial charge in [-0.05, 0) is 12.1 Å². The summed E-state index contributed by atoms with van der Waals surface area (Å²) in [4.78, 5) is 10.1. The van der Waals surface area contributed by atoms with Crippen molar-refractivity contribution in [1.82, 2.24) is 0 Å². The third kappa shape index (κ3) is 3.01. The van der Waals surface area contributed by atoms with Gasteiger partial charge in [0, 0.05) is 29.8 Å². The lowest BCUT2D eigenvalue weighted by molar-refractivity contribution is -0.688. The van der Waals surface area contributed by atoms with Crippen molar-refractivity contribution in [2.24, 2.45) is 0 Å². The maximum Gasteiger partial charge on any atom is 0.269 e. The third-order valence-electron chi connectivity index (χ3n) is 2.36. The van der Waals surface area contributed by atoms with Crippen LogP contribution in [0.1, 0.15) is 5.56 Å². The molecule has 0 aliphatic rings. The Morgan fingerprint density at radius 1 is 1.12 bits per heavy atom. The number of rotatable bonds is 3. The number of nitro groups is 1. The Morgan fingerprint density at radius 3 is 2.24 bits per heavy atom. The minimum absolute atomic E-state index is 0.106. The summed E-state index contributed by atoms with van der Waals surface area (Å²) in [6.07, 6.45) is 3.73. The summed E-state index contributed by atoms with van der Waals surface area (Å²) in [6, 6.07) is 10.1. The Morgan fingerprint density at radius 2 is 1.71 bits per heavy atom. The molecule has 1 heterocycles. The van der Waals surface area contributed by atoms with Gasteiger partial charge in [-0.2, -0.15) is 0 Å². The van der Waals surface area contributed by atoms with Crippen molar-refractivity contribution in [1.29, 1.82) is 0 Å². The first-order valence-corrected chi connectivity index (χ1v) is 5.41. The molecular weight excluding hydrogens is 240 g/mol. The van der Waals surface area contributed by atoms with Gasteiger partial charge in [-0.15, -0.1) is 0 Å². The molecule has 0 atom stereocenters. The maximum atomic E-state index is 10.5. The summed E-state index contributed by atoms with van der Waals surface area (Å²) in [5.41, 5.74) is 1.11. The highest BCUT2D eigenvalue weighted by Gasteiger charge is 2.06. The van der Waals surface area contributed by atoms with E-state index >= 15 is 0 Å². The molecule has 0 aliphatic heterocycles. The number of nitrogens with zero attached hydrogens (tertiary/aromatic N) is 2. The molecule has 0 saturated carbocycles. The van der Waals surface area contributed by atoms with Crippen molar-refractivity contribution in [2.75, 3.05) is 0 Å². The molecule has 5 heteroatoms. The van der Waals surface area contributed by atoms with E-state index in [-0.39, 0.29) is 5.69 Å². The molecule has 0 N–H and O–H groups in total. The second-order valence-electron chi connectivity index (χ2n) is 3.61. The van der Waals surface area contributed by atoms with E-state index < -0.39 is 4.92 Å². The minimum Gasteiger partial charge on any atom is -0.258 e. The van der Waals surface area contributed by atoms with Gasteiger partial charge in [0.2, 0.25) is 0 Å². The van der Waals surface area contributed by atoms with Gasteiger partial charge < -0.3 is 0 Å². The van der Waals surface area contributed by atoms with Crippen LogP contribution in [0, 0.1) is 10.1 Å². The molecule has 0 bridgehead atoms. The highest BCUT2D eigenvalue weighted by Crippen LogP contribution is 2.11. The third-order valence-corrected chi connectivity index (χ3v) is 2.61. The van der Waals surface area contributed by atoms with Crippen molar-refractivity contribution < 1.29 is 9.49 Å². The average Bonchev–Trinajstić information content (AvgIpc) is 2.33. The molecule has 0 saturated heterocycles. The van der Waals surface area contributed by atoms with E-state index in [4.69, 9.17) is 11.6 Å². The Kier molecular flexibility index (Phi) is 3.35. The van der Waals surface area contributed by atoms with Crippen LogP contribution in [0.2, 0.25) is 5.02 Å². The smallest absolute Gasteiger partial charge is 0.258 e. The Hall–Kier alpha value is -1.94. The van der Waals surface area contributed by atoms with Crippen molar-refractivity contribution >= 4 is 17.3 Å². The molecule has 4 nitrogen and oxygen atoms in total. The molecular formula is C12H10ClN2O2+. The first-order valence-electron chi connectivity index (χ1n) is 5.03. The Bertz CT molecular complexity index is 523. The van der Waals surface area contributed by atoms with E-state index in [1.807, 2.05) is 17.0 Å². The van der Waals surface area contributed by atoms with E-state index in [0.717, 1.165) is 5.56 Å². The van der Waals surface area contributed by atoms with E-state index in [0.29, 0.717) is 11.6 Å². The number of hydrogen-bond donors (Lipinski definition) is 0. The molecule has 0 unspecified atom stereocenters. The number of pyridine rings is 1. The van der Waals surface area contributed by atoms with Crippen molar-refractivity contribution in [3.63, 3.8) is 0 Å². The molecule has 2 rings (SSSR count). The SMILES string of the molecule is O=[N+]([O-])c1ccc(C[n+]2ccc(Cl)cc2)cc1. The summed E-state index contributed by atoms with van der Waals surface area (Å²) >= 11 is 5.78. The normalized spacial score (nSPS) is 10.2. The summed E-state index contributed by atoms with van der Waals surface area (Å²) in [6.45, 7) is 0.662. The molecule has 17 heavy (non-hydrogen) atoms. The standard InChI is InChI=1S/C12H10ClN2O2/c13-11-5-7-14(8-6-11)9-10-1-3-12(4-2-10)15(16)17/h1-8H,9H2/q+1. The zero-order valence-electron chi connectivity index (χ0n) is 8.91. The molecule has 1 aromatic carbocycles. The molecule has 1 aromatic heterocycles. The van der Waals surface area contributed by atoms with Crippen LogP contribution in [0.25, 0.3) is 0 Å². The van der Waals surface area contributed by atoms with Crippen LogP contribution in [-0.4, -0.2) is 4.92 Å². The maximum absolute atomic E-state index is 10.5. The van der Waals surface area contributed by atoms with Crippen LogP contribution in [0.4, 0.5) is 5.69 Å². The van der Waals surface area contributed by atoms with Crippen LogP contribution < -0.4 is 4.57 Å². The summed E-state index contributed by atoms with van der Waals surface area (Å²) in [5.74, 6) is 0. The van der Waals surface area contributed by atoms with E-state index in [9.17, 15) is 10.1 Å². The zero-order valence-corrected chi connectivity index (χ0v) is 9.67. The predicted molar refractivity (Wildman–Crippen MR) is 63.8 cm³/mol. The second-order valence-corrected chi connectivity index (χ2v) is 4.05. The fourth-order valence-corrected chi connectivity index (χ4v) is 1.59. The number of nitro benzene ring substituents is 1. The minimum atomic E-state index is -0.404. The Labute approximate surface area is 103 Å². The second kappa shape index (κ2) is 4.93. The van der Waals surface area contributed by atoms with Gasteiger partial charge in [0.1, 0.15) is 0 Å². The lowest BCUT2D eigenvalue weighted by Gasteiger charge is -1.97. The number of halogens is 1. The number of non-ortho nitro benzene ring substituents is 1. The highest BCUT2D eigenvalue weighted by molar-refractivity contribution is 6.30. The van der Waals surface area contributed by atoms with E-state index in [2.05, 4.69) is 0 Å². The first-order chi connectivity index (χ1) is 8.15. The summed E-state index contributed by atoms with van der Waals surface area (Å²) in [5, 5.41) is 11.2. The van der Waals surface area contributed by atoms with Gasteiger partial charge in [-0.1, -0.05) is 11.6 Å². The largest absolute Gasteiger partial charge is 0.269 e. The zero-order chi connectivity index (χ0) is 12.3. The highest BCUT2D eigenvalue weighted by atomic mass is 35.5. The summed E-state index contributed by atoms with van der Waals surface area (Å²) in [7, 11) is 0. The van der Waals surface area contributed by atoms with E-state index in [1.165, 1.54) is 12.1 Å². The van der Waals surface area contributed by atoms with Crippen LogP contribution in [0.3, 0.4) is 0 Å². The molecule has 0 spiro atoms. The van der Waals surface area contributed by atoms with Gasteiger partial charge in [0.15, 0.2) is 18.9 Å². The fourth-order valence-electron chi connectivity index (χ4n) is 1.48. The molecule has 86 valence electrons. The van der Waals surface area contributed by atoms with Crippen molar-refractivity contribution in [3.8, 4) is 0 Å². The number of benzene rings is 1. The van der Waals surface area contributed by atoms with Gasteiger partial charge in [-0.25, -0.2) is 4.57 Å². The van der Waals surface area contributed by atoms with Crippen LogP contribution >= 0.6 is 11.6 Å². The van der Waals surface area contributed by atoms with Crippen molar-refractivity contribution in [3.05, 3.63) is 69.5 Å². The molecule has 2 aromatic rings. The quantitative estimate of drug-likeness (QED) is 0.477. The van der Waals surface area contributed by atoms with Gasteiger partial charge >= 0.3 is 0 Å². The number of aromatic nitrogens is 1. The fraction of sp³-hybridized carbons (Fsp3) is 0.0833. The van der Waals surface area contributed by atoms with E-state index in [1.54, 1.807) is 24.3 Å². The lowest BCUT2D eigenvalue weighted by atomic mass is 10.2.